The number of nitrogens with one attached hydrogen (secondary N) is 3. The molecule has 0 saturated carbocycles. The number of nitrogens with zero attached hydrogens (tertiary/aromatic N) is 2. The Morgan fingerprint density at radius 3 is 2.48 bits per heavy atom. The van der Waals surface area contributed by atoms with Crippen molar-refractivity contribution in [3.63, 3.8) is 0 Å². The molecular weight excluding hydrogens is 402 g/mol. The van der Waals surface area contributed by atoms with Crippen LogP contribution in [0.2, 0.25) is 0 Å². The molecule has 10 heteroatoms. The molecule has 2 aromatic rings. The molecule has 1 aromatic heterocycles. The van der Waals surface area contributed by atoms with E-state index < -0.39 is 23.6 Å². The average molecular weight is 427 g/mol. The maximum absolute atomic E-state index is 12.7. The maximum Gasteiger partial charge on any atom is 0.411 e. The van der Waals surface area contributed by atoms with Crippen LogP contribution < -0.4 is 10.6 Å². The fourth-order valence-electron chi connectivity index (χ4n) is 2.51. The summed E-state index contributed by atoms with van der Waals surface area (Å²) in [6, 6.07) is 6.46. The highest BCUT2D eigenvalue weighted by molar-refractivity contribution is 6.11. The molecular formula is C21H25N5O5. The molecule has 1 aromatic carbocycles. The lowest BCUT2D eigenvalue weighted by Crippen LogP contribution is -2.29. The van der Waals surface area contributed by atoms with Crippen molar-refractivity contribution in [1.82, 2.24) is 15.1 Å². The van der Waals surface area contributed by atoms with E-state index in [0.717, 1.165) is 6.21 Å². The van der Waals surface area contributed by atoms with Crippen LogP contribution in [0.4, 0.5) is 10.5 Å². The number of aromatic nitrogens is 2. The Hall–Kier alpha value is -3.95. The molecule has 3 N–H and O–H groups in total. The van der Waals surface area contributed by atoms with Gasteiger partial charge in [0, 0.05) is 36.8 Å². The molecule has 0 spiro atoms. The number of benzene rings is 1. The molecule has 0 aliphatic heterocycles. The van der Waals surface area contributed by atoms with E-state index in [-0.39, 0.29) is 16.9 Å². The summed E-state index contributed by atoms with van der Waals surface area (Å²) in [5.41, 5.74) is 0.698. The number of ether oxygens (including phenoxy) is 2. The third-order valence-electron chi connectivity index (χ3n) is 3.81. The van der Waals surface area contributed by atoms with E-state index in [1.54, 1.807) is 52.1 Å². The standard InChI is InChI=1S/C21H25N5O5/c1-21(2,3)31-20(29)23-11-15(10-22)13-7-6-8-14(9-13)18(27)24-16-12-26(4)25-17(16)19(28)30-5/h6-12,22H,1-5H3,(H,23,29)(H,24,27)/b15-11+,22-10?. The van der Waals surface area contributed by atoms with Crippen LogP contribution >= 0.6 is 0 Å². The zero-order valence-electron chi connectivity index (χ0n) is 18.0. The monoisotopic (exact) mass is 427 g/mol. The Kier molecular flexibility index (Phi) is 7.30. The van der Waals surface area contributed by atoms with Crippen LogP contribution in [0.15, 0.2) is 36.7 Å². The molecule has 0 unspecified atom stereocenters. The van der Waals surface area contributed by atoms with Gasteiger partial charge in [0.1, 0.15) is 5.60 Å². The van der Waals surface area contributed by atoms with E-state index in [9.17, 15) is 14.4 Å². The number of rotatable bonds is 6. The minimum atomic E-state index is -0.674. The SMILES string of the molecule is COC(=O)c1nn(C)cc1NC(=O)c1cccc(/C(C=N)=C/NC(=O)OC(C)(C)C)c1. The maximum atomic E-state index is 12.7. The molecule has 0 aliphatic carbocycles. The summed E-state index contributed by atoms with van der Waals surface area (Å²) < 4.78 is 11.2. The van der Waals surface area contributed by atoms with Crippen molar-refractivity contribution in [3.05, 3.63) is 53.5 Å². The Balaban J connectivity index is 2.21. The third-order valence-corrected chi connectivity index (χ3v) is 3.81. The molecule has 31 heavy (non-hydrogen) atoms. The summed E-state index contributed by atoms with van der Waals surface area (Å²) in [6.45, 7) is 5.22. The van der Waals surface area contributed by atoms with Crippen LogP contribution in [0.25, 0.3) is 5.57 Å². The van der Waals surface area contributed by atoms with E-state index in [1.807, 2.05) is 0 Å². The van der Waals surface area contributed by atoms with Crippen LogP contribution in [0.3, 0.4) is 0 Å². The van der Waals surface area contributed by atoms with Gasteiger partial charge in [-0.15, -0.1) is 0 Å². The van der Waals surface area contributed by atoms with Gasteiger partial charge in [-0.1, -0.05) is 12.1 Å². The molecule has 0 radical (unpaired) electrons. The molecule has 0 fully saturated rings. The fraction of sp³-hybridized carbons (Fsp3) is 0.286. The number of carbonyl (C=O) groups is 3. The Bertz CT molecular complexity index is 1030. The van der Waals surface area contributed by atoms with E-state index in [1.165, 1.54) is 24.2 Å². The van der Waals surface area contributed by atoms with Crippen molar-refractivity contribution in [2.24, 2.45) is 7.05 Å². The van der Waals surface area contributed by atoms with Crippen molar-refractivity contribution >= 4 is 35.4 Å². The fourth-order valence-corrected chi connectivity index (χ4v) is 2.51. The molecule has 10 nitrogen and oxygen atoms in total. The number of allylic oxidation sites excluding steroid dienone is 1. The summed E-state index contributed by atoms with van der Waals surface area (Å²) >= 11 is 0. The summed E-state index contributed by atoms with van der Waals surface area (Å²) in [7, 11) is 2.84. The minimum absolute atomic E-state index is 0.0175. The first-order valence-corrected chi connectivity index (χ1v) is 9.28. The van der Waals surface area contributed by atoms with Gasteiger partial charge in [0.15, 0.2) is 5.69 Å². The van der Waals surface area contributed by atoms with Crippen molar-refractivity contribution in [3.8, 4) is 0 Å². The first kappa shape index (κ1) is 23.3. The van der Waals surface area contributed by atoms with Crippen molar-refractivity contribution in [2.75, 3.05) is 12.4 Å². The zero-order chi connectivity index (χ0) is 23.2. The van der Waals surface area contributed by atoms with E-state index >= 15 is 0 Å². The summed E-state index contributed by atoms with van der Waals surface area (Å²) in [5, 5.41) is 16.7. The number of hydrogen-bond acceptors (Lipinski definition) is 7. The number of carbonyl (C=O) groups excluding carboxylic acids is 3. The molecule has 0 aliphatic rings. The Morgan fingerprint density at radius 1 is 1.19 bits per heavy atom. The van der Waals surface area contributed by atoms with Gasteiger partial charge in [0.25, 0.3) is 5.91 Å². The molecule has 164 valence electrons. The van der Waals surface area contributed by atoms with Gasteiger partial charge in [-0.3, -0.25) is 14.8 Å². The van der Waals surface area contributed by atoms with Crippen molar-refractivity contribution in [1.29, 1.82) is 5.41 Å². The highest BCUT2D eigenvalue weighted by Gasteiger charge is 2.19. The Morgan fingerprint density at radius 2 is 1.87 bits per heavy atom. The molecule has 0 atom stereocenters. The number of hydrogen-bond donors (Lipinski definition) is 3. The lowest BCUT2D eigenvalue weighted by Gasteiger charge is -2.19. The van der Waals surface area contributed by atoms with Crippen LogP contribution in [0.5, 0.6) is 0 Å². The predicted octanol–water partition coefficient (Wildman–Crippen LogP) is 2.97. The van der Waals surface area contributed by atoms with Gasteiger partial charge in [0.05, 0.1) is 12.8 Å². The van der Waals surface area contributed by atoms with Crippen LogP contribution in [0, 0.1) is 5.41 Å². The normalized spacial score (nSPS) is 11.5. The van der Waals surface area contributed by atoms with Crippen LogP contribution in [-0.2, 0) is 16.5 Å². The average Bonchev–Trinajstić information content (AvgIpc) is 3.06. The molecule has 0 bridgehead atoms. The predicted molar refractivity (Wildman–Crippen MR) is 115 cm³/mol. The van der Waals surface area contributed by atoms with Crippen LogP contribution in [-0.4, -0.2) is 46.7 Å². The third kappa shape index (κ3) is 6.53. The first-order chi connectivity index (χ1) is 14.5. The van der Waals surface area contributed by atoms with Gasteiger partial charge in [0.2, 0.25) is 0 Å². The number of anilines is 1. The van der Waals surface area contributed by atoms with Gasteiger partial charge in [-0.25, -0.2) is 9.59 Å². The highest BCUT2D eigenvalue weighted by atomic mass is 16.6. The zero-order valence-corrected chi connectivity index (χ0v) is 18.0. The largest absolute Gasteiger partial charge is 0.464 e. The molecule has 2 amide bonds. The second kappa shape index (κ2) is 9.70. The molecule has 0 saturated heterocycles. The van der Waals surface area contributed by atoms with E-state index in [2.05, 4.69) is 20.5 Å². The second-order valence-corrected chi connectivity index (χ2v) is 7.48. The number of methoxy groups -OCH3 is 1. The number of esters is 1. The minimum Gasteiger partial charge on any atom is -0.464 e. The number of alkyl carbamates (subject to hydrolysis) is 1. The topological polar surface area (TPSA) is 135 Å². The quantitative estimate of drug-likeness (QED) is 0.479. The van der Waals surface area contributed by atoms with Gasteiger partial charge < -0.3 is 20.2 Å². The van der Waals surface area contributed by atoms with Crippen molar-refractivity contribution < 1.29 is 23.9 Å². The van der Waals surface area contributed by atoms with Gasteiger partial charge >= 0.3 is 12.1 Å². The van der Waals surface area contributed by atoms with E-state index in [0.29, 0.717) is 11.1 Å². The molecule has 2 rings (SSSR count). The van der Waals surface area contributed by atoms with E-state index in [4.69, 9.17) is 10.1 Å². The lowest BCUT2D eigenvalue weighted by molar-refractivity contribution is 0.0550. The summed E-state index contributed by atoms with van der Waals surface area (Å²) in [6.07, 6.45) is 3.20. The number of aryl methyl sites for hydroxylation is 1. The summed E-state index contributed by atoms with van der Waals surface area (Å²) in [5.74, 6) is -1.16. The van der Waals surface area contributed by atoms with Crippen LogP contribution in [0.1, 0.15) is 47.2 Å². The van der Waals surface area contributed by atoms with Gasteiger partial charge in [-0.2, -0.15) is 5.10 Å². The first-order valence-electron chi connectivity index (χ1n) is 9.28. The Labute approximate surface area is 179 Å². The number of amides is 2. The lowest BCUT2D eigenvalue weighted by atomic mass is 10.0. The highest BCUT2D eigenvalue weighted by Crippen LogP contribution is 2.18. The van der Waals surface area contributed by atoms with Gasteiger partial charge in [-0.05, 0) is 38.5 Å². The smallest absolute Gasteiger partial charge is 0.411 e. The summed E-state index contributed by atoms with van der Waals surface area (Å²) in [4.78, 5) is 36.4. The molecule has 1 heterocycles. The second-order valence-electron chi connectivity index (χ2n) is 7.48. The van der Waals surface area contributed by atoms with Crippen molar-refractivity contribution in [2.45, 2.75) is 26.4 Å².